The smallest absolute Gasteiger partial charge is 0.273 e. The Labute approximate surface area is 153 Å². The second kappa shape index (κ2) is 8.25. The molecule has 2 heterocycles. The lowest BCUT2D eigenvalue weighted by atomic mass is 10.1. The number of hydrogen-bond donors (Lipinski definition) is 2. The predicted molar refractivity (Wildman–Crippen MR) is 99.3 cm³/mol. The van der Waals surface area contributed by atoms with Crippen molar-refractivity contribution in [2.45, 2.75) is 39.1 Å². The second-order valence-corrected chi connectivity index (χ2v) is 6.74. The Balaban J connectivity index is 1.53. The van der Waals surface area contributed by atoms with E-state index in [0.717, 1.165) is 25.2 Å². The van der Waals surface area contributed by atoms with E-state index in [9.17, 15) is 4.79 Å². The molecule has 1 aliphatic heterocycles. The quantitative estimate of drug-likeness (QED) is 0.846. The van der Waals surface area contributed by atoms with E-state index in [1.165, 1.54) is 18.0 Å². The molecule has 2 atom stereocenters. The normalized spacial score (nSPS) is 20.7. The fourth-order valence-corrected chi connectivity index (χ4v) is 3.22. The zero-order chi connectivity index (χ0) is 18.5. The van der Waals surface area contributed by atoms with Crippen molar-refractivity contribution in [3.05, 3.63) is 53.5 Å². The highest BCUT2D eigenvalue weighted by molar-refractivity contribution is 5.96. The Morgan fingerprint density at radius 1 is 1.15 bits per heavy atom. The molecule has 0 saturated carbocycles. The molecule has 1 saturated heterocycles. The zero-order valence-corrected chi connectivity index (χ0v) is 15.2. The molecule has 2 aromatic rings. The number of hydrogen-bond acceptors (Lipinski definition) is 6. The Morgan fingerprint density at radius 2 is 1.77 bits per heavy atom. The van der Waals surface area contributed by atoms with Crippen LogP contribution in [0.5, 0.6) is 0 Å². The van der Waals surface area contributed by atoms with Gasteiger partial charge in [0, 0.05) is 38.6 Å². The van der Waals surface area contributed by atoms with E-state index in [1.54, 1.807) is 0 Å². The SMILES string of the molecule is C[C@@H]1CN(Cc2ccc(CNC(=O)c3nccnc3N)cc2)C[C@@H](C)O1. The van der Waals surface area contributed by atoms with Gasteiger partial charge in [0.1, 0.15) is 0 Å². The Bertz CT molecular complexity index is 740. The van der Waals surface area contributed by atoms with Crippen LogP contribution in [-0.2, 0) is 17.8 Å². The fourth-order valence-electron chi connectivity index (χ4n) is 3.22. The number of carbonyl (C=O) groups excluding carboxylic acids is 1. The maximum Gasteiger partial charge on any atom is 0.273 e. The van der Waals surface area contributed by atoms with Crippen LogP contribution >= 0.6 is 0 Å². The lowest BCUT2D eigenvalue weighted by molar-refractivity contribution is -0.0704. The van der Waals surface area contributed by atoms with Crippen molar-refractivity contribution < 1.29 is 9.53 Å². The molecule has 7 nitrogen and oxygen atoms in total. The van der Waals surface area contributed by atoms with Crippen LogP contribution in [-0.4, -0.2) is 46.1 Å². The molecule has 3 rings (SSSR count). The van der Waals surface area contributed by atoms with Crippen LogP contribution in [0.4, 0.5) is 5.82 Å². The van der Waals surface area contributed by atoms with E-state index >= 15 is 0 Å². The number of nitrogens with two attached hydrogens (primary N) is 1. The molecule has 0 aliphatic carbocycles. The highest BCUT2D eigenvalue weighted by Gasteiger charge is 2.21. The van der Waals surface area contributed by atoms with Gasteiger partial charge >= 0.3 is 0 Å². The number of benzene rings is 1. The van der Waals surface area contributed by atoms with Gasteiger partial charge in [-0.25, -0.2) is 9.97 Å². The Morgan fingerprint density at radius 3 is 2.42 bits per heavy atom. The van der Waals surface area contributed by atoms with Crippen molar-refractivity contribution in [1.82, 2.24) is 20.2 Å². The van der Waals surface area contributed by atoms with Gasteiger partial charge in [0.05, 0.1) is 12.2 Å². The van der Waals surface area contributed by atoms with Gasteiger partial charge in [-0.05, 0) is 25.0 Å². The monoisotopic (exact) mass is 355 g/mol. The van der Waals surface area contributed by atoms with Crippen LogP contribution in [0.3, 0.4) is 0 Å². The third-order valence-corrected chi connectivity index (χ3v) is 4.32. The average molecular weight is 355 g/mol. The molecular formula is C19H25N5O2. The summed E-state index contributed by atoms with van der Waals surface area (Å²) in [4.78, 5) is 22.4. The molecule has 1 aromatic heterocycles. The first-order valence-corrected chi connectivity index (χ1v) is 8.81. The predicted octanol–water partition coefficient (Wildman–Crippen LogP) is 1.60. The molecule has 1 aromatic carbocycles. The molecule has 0 radical (unpaired) electrons. The molecule has 1 aliphatic rings. The molecular weight excluding hydrogens is 330 g/mol. The topological polar surface area (TPSA) is 93.4 Å². The largest absolute Gasteiger partial charge is 0.382 e. The summed E-state index contributed by atoms with van der Waals surface area (Å²) in [6, 6.07) is 8.26. The molecule has 0 bridgehead atoms. The van der Waals surface area contributed by atoms with Gasteiger partial charge in [0.2, 0.25) is 0 Å². The minimum Gasteiger partial charge on any atom is -0.382 e. The minimum atomic E-state index is -0.323. The van der Waals surface area contributed by atoms with Gasteiger partial charge in [0.15, 0.2) is 11.5 Å². The van der Waals surface area contributed by atoms with Crippen molar-refractivity contribution in [2.75, 3.05) is 18.8 Å². The summed E-state index contributed by atoms with van der Waals surface area (Å²) in [6.45, 7) is 7.43. The maximum absolute atomic E-state index is 12.1. The Hall–Kier alpha value is -2.51. The van der Waals surface area contributed by atoms with E-state index < -0.39 is 0 Å². The minimum absolute atomic E-state index is 0.134. The molecule has 0 spiro atoms. The van der Waals surface area contributed by atoms with Crippen molar-refractivity contribution >= 4 is 11.7 Å². The number of nitrogen functional groups attached to an aromatic ring is 1. The lowest BCUT2D eigenvalue weighted by Gasteiger charge is -2.35. The molecule has 26 heavy (non-hydrogen) atoms. The zero-order valence-electron chi connectivity index (χ0n) is 15.2. The number of morpholine rings is 1. The van der Waals surface area contributed by atoms with Crippen LogP contribution in [0.15, 0.2) is 36.7 Å². The lowest BCUT2D eigenvalue weighted by Crippen LogP contribution is -2.44. The van der Waals surface area contributed by atoms with Gasteiger partial charge in [-0.3, -0.25) is 9.69 Å². The van der Waals surface area contributed by atoms with E-state index in [4.69, 9.17) is 10.5 Å². The summed E-state index contributed by atoms with van der Waals surface area (Å²) in [5.74, 6) is -0.190. The van der Waals surface area contributed by atoms with E-state index in [1.807, 2.05) is 12.1 Å². The highest BCUT2D eigenvalue weighted by Crippen LogP contribution is 2.15. The van der Waals surface area contributed by atoms with Crippen molar-refractivity contribution in [2.24, 2.45) is 0 Å². The van der Waals surface area contributed by atoms with Crippen LogP contribution < -0.4 is 11.1 Å². The molecule has 7 heteroatoms. The maximum atomic E-state index is 12.1. The van der Waals surface area contributed by atoms with Gasteiger partial charge in [0.25, 0.3) is 5.91 Å². The van der Waals surface area contributed by atoms with Gasteiger partial charge in [-0.15, -0.1) is 0 Å². The average Bonchev–Trinajstić information content (AvgIpc) is 2.60. The number of rotatable bonds is 5. The van der Waals surface area contributed by atoms with Crippen LogP contribution in [0, 0.1) is 0 Å². The van der Waals surface area contributed by atoms with E-state index in [2.05, 4.69) is 46.2 Å². The van der Waals surface area contributed by atoms with E-state index in [-0.39, 0.29) is 29.6 Å². The first-order chi connectivity index (χ1) is 12.5. The standard InChI is InChI=1S/C19H25N5O2/c1-13-10-24(11-14(2)26-13)12-16-5-3-15(4-6-16)9-23-19(25)17-18(20)22-8-7-21-17/h3-8,13-14H,9-12H2,1-2H3,(H2,20,22)(H,23,25)/t13-,14-/m1/s1. The number of carbonyl (C=O) groups is 1. The van der Waals surface area contributed by atoms with Gasteiger partial charge in [-0.2, -0.15) is 0 Å². The number of ether oxygens (including phenoxy) is 1. The van der Waals surface area contributed by atoms with Crippen molar-refractivity contribution in [3.8, 4) is 0 Å². The molecule has 1 amide bonds. The van der Waals surface area contributed by atoms with Crippen molar-refractivity contribution in [3.63, 3.8) is 0 Å². The summed E-state index contributed by atoms with van der Waals surface area (Å²) < 4.78 is 5.77. The summed E-state index contributed by atoms with van der Waals surface area (Å²) in [7, 11) is 0. The summed E-state index contributed by atoms with van der Waals surface area (Å²) in [5, 5.41) is 2.82. The van der Waals surface area contributed by atoms with Crippen LogP contribution in [0.25, 0.3) is 0 Å². The van der Waals surface area contributed by atoms with E-state index in [0.29, 0.717) is 6.54 Å². The number of nitrogens with one attached hydrogen (secondary N) is 1. The summed E-state index contributed by atoms with van der Waals surface area (Å²) >= 11 is 0. The number of aromatic nitrogens is 2. The molecule has 138 valence electrons. The molecule has 0 unspecified atom stereocenters. The summed E-state index contributed by atoms with van der Waals surface area (Å²) in [6.07, 6.45) is 3.44. The summed E-state index contributed by atoms with van der Waals surface area (Å²) in [5.41, 5.74) is 8.09. The fraction of sp³-hybridized carbons (Fsp3) is 0.421. The highest BCUT2D eigenvalue weighted by atomic mass is 16.5. The number of nitrogens with zero attached hydrogens (tertiary/aromatic N) is 3. The van der Waals surface area contributed by atoms with Gasteiger partial charge < -0.3 is 15.8 Å². The second-order valence-electron chi connectivity index (χ2n) is 6.74. The van der Waals surface area contributed by atoms with Crippen LogP contribution in [0.1, 0.15) is 35.5 Å². The van der Waals surface area contributed by atoms with Crippen LogP contribution in [0.2, 0.25) is 0 Å². The first-order valence-electron chi connectivity index (χ1n) is 8.81. The number of anilines is 1. The Kier molecular flexibility index (Phi) is 5.80. The third kappa shape index (κ3) is 4.77. The molecule has 3 N–H and O–H groups in total. The third-order valence-electron chi connectivity index (χ3n) is 4.32. The van der Waals surface area contributed by atoms with Crippen molar-refractivity contribution in [1.29, 1.82) is 0 Å². The number of amides is 1. The van der Waals surface area contributed by atoms with Gasteiger partial charge in [-0.1, -0.05) is 24.3 Å². The molecule has 1 fully saturated rings. The first kappa shape index (κ1) is 18.3.